The fraction of sp³-hybridized carbons (Fsp3) is 0.680. The minimum atomic E-state index is -1.27. The van der Waals surface area contributed by atoms with E-state index in [2.05, 4.69) is 0 Å². The summed E-state index contributed by atoms with van der Waals surface area (Å²) in [4.78, 5) is 26.4. The Morgan fingerprint density at radius 1 is 1.22 bits per heavy atom. The van der Waals surface area contributed by atoms with Crippen molar-refractivity contribution in [3.8, 4) is 11.5 Å². The molecule has 2 aliphatic rings. The SMILES string of the molecule is COc1ccc([C@@H]2CN(C(=O)C(C)(C)OC(C)=O)C[C@@]2(C)[C@@H](C)O)cc1OC1CCCC1. The van der Waals surface area contributed by atoms with E-state index in [1.807, 2.05) is 25.1 Å². The van der Waals surface area contributed by atoms with E-state index >= 15 is 0 Å². The number of benzene rings is 1. The van der Waals surface area contributed by atoms with Crippen LogP contribution in [0.5, 0.6) is 11.5 Å². The maximum atomic E-state index is 13.2. The maximum absolute atomic E-state index is 13.2. The molecule has 1 aliphatic heterocycles. The van der Waals surface area contributed by atoms with E-state index in [-0.39, 0.29) is 17.9 Å². The predicted molar refractivity (Wildman–Crippen MR) is 121 cm³/mol. The average molecular weight is 448 g/mol. The first kappa shape index (κ1) is 24.4. The number of aliphatic hydroxyl groups excluding tert-OH is 1. The van der Waals surface area contributed by atoms with Crippen LogP contribution in [-0.4, -0.2) is 59.9 Å². The lowest BCUT2D eigenvalue weighted by molar-refractivity contribution is -0.168. The number of esters is 1. The summed E-state index contributed by atoms with van der Waals surface area (Å²) in [6.45, 7) is 9.04. The molecule has 1 aromatic carbocycles. The number of nitrogens with zero attached hydrogens (tertiary/aromatic N) is 1. The third-order valence-electron chi connectivity index (χ3n) is 7.07. The second-order valence-electron chi connectivity index (χ2n) is 9.96. The molecule has 0 spiro atoms. The number of likely N-dealkylation sites (tertiary alicyclic amines) is 1. The second-order valence-corrected chi connectivity index (χ2v) is 9.96. The Balaban J connectivity index is 1.91. The molecular formula is C25H37NO6. The van der Waals surface area contributed by atoms with Crippen LogP contribution in [0.15, 0.2) is 18.2 Å². The van der Waals surface area contributed by atoms with E-state index in [4.69, 9.17) is 14.2 Å². The summed E-state index contributed by atoms with van der Waals surface area (Å²) in [5.74, 6) is 0.506. The number of aliphatic hydroxyl groups is 1. The Labute approximate surface area is 191 Å². The lowest BCUT2D eigenvalue weighted by Crippen LogP contribution is -2.48. The van der Waals surface area contributed by atoms with Crippen molar-refractivity contribution in [2.24, 2.45) is 5.41 Å². The molecule has 2 fully saturated rings. The molecule has 0 radical (unpaired) electrons. The lowest BCUT2D eigenvalue weighted by atomic mass is 9.72. The van der Waals surface area contributed by atoms with Gasteiger partial charge in [-0.3, -0.25) is 9.59 Å². The zero-order chi connectivity index (χ0) is 23.7. The number of methoxy groups -OCH3 is 1. The second kappa shape index (κ2) is 9.30. The van der Waals surface area contributed by atoms with Crippen LogP contribution < -0.4 is 9.47 Å². The van der Waals surface area contributed by atoms with Crippen molar-refractivity contribution in [2.75, 3.05) is 20.2 Å². The summed E-state index contributed by atoms with van der Waals surface area (Å²) in [5, 5.41) is 10.7. The normalized spacial score (nSPS) is 25.0. The van der Waals surface area contributed by atoms with Crippen LogP contribution in [0.1, 0.15) is 71.8 Å². The van der Waals surface area contributed by atoms with E-state index in [1.165, 1.54) is 19.8 Å². The van der Waals surface area contributed by atoms with Crippen LogP contribution in [0.2, 0.25) is 0 Å². The molecule has 7 heteroatoms. The van der Waals surface area contributed by atoms with Gasteiger partial charge in [-0.05, 0) is 64.2 Å². The lowest BCUT2D eigenvalue weighted by Gasteiger charge is -2.34. The molecule has 178 valence electrons. The standard InChI is InChI=1S/C25H37NO6/c1-16(27)25(5)15-26(23(29)24(3,4)32-17(2)28)14-20(25)18-11-12-21(30-6)22(13-18)31-19-9-7-8-10-19/h11-13,16,19-20,27H,7-10,14-15H2,1-6H3/t16-,20+,25+/m1/s1. The minimum Gasteiger partial charge on any atom is -0.493 e. The minimum absolute atomic E-state index is 0.114. The van der Waals surface area contributed by atoms with Crippen LogP contribution in [-0.2, 0) is 14.3 Å². The van der Waals surface area contributed by atoms with E-state index in [0.29, 0.717) is 24.6 Å². The van der Waals surface area contributed by atoms with Gasteiger partial charge in [0.2, 0.25) is 0 Å². The summed E-state index contributed by atoms with van der Waals surface area (Å²) in [6.07, 6.45) is 3.96. The van der Waals surface area contributed by atoms with Crippen LogP contribution in [0.3, 0.4) is 0 Å². The number of hydrogen-bond donors (Lipinski definition) is 1. The highest BCUT2D eigenvalue weighted by Gasteiger charge is 2.51. The molecule has 1 aromatic rings. The number of ether oxygens (including phenoxy) is 3. The van der Waals surface area contributed by atoms with Gasteiger partial charge in [0.15, 0.2) is 17.1 Å². The molecule has 3 rings (SSSR count). The van der Waals surface area contributed by atoms with Gasteiger partial charge < -0.3 is 24.2 Å². The smallest absolute Gasteiger partial charge is 0.303 e. The molecule has 0 bridgehead atoms. The van der Waals surface area contributed by atoms with E-state index < -0.39 is 23.1 Å². The van der Waals surface area contributed by atoms with Crippen molar-refractivity contribution in [1.29, 1.82) is 0 Å². The van der Waals surface area contributed by atoms with Crippen molar-refractivity contribution in [2.45, 2.75) is 84.0 Å². The van der Waals surface area contributed by atoms with Crippen LogP contribution >= 0.6 is 0 Å². The molecule has 0 aromatic heterocycles. The van der Waals surface area contributed by atoms with Crippen molar-refractivity contribution < 1.29 is 28.9 Å². The summed E-state index contributed by atoms with van der Waals surface area (Å²) in [6, 6.07) is 5.87. The molecule has 1 aliphatic carbocycles. The Bertz CT molecular complexity index is 845. The molecule has 0 unspecified atom stereocenters. The third-order valence-corrected chi connectivity index (χ3v) is 7.07. The van der Waals surface area contributed by atoms with Crippen molar-refractivity contribution in [1.82, 2.24) is 4.90 Å². The van der Waals surface area contributed by atoms with Gasteiger partial charge in [-0.1, -0.05) is 13.0 Å². The monoisotopic (exact) mass is 447 g/mol. The van der Waals surface area contributed by atoms with Gasteiger partial charge in [-0.15, -0.1) is 0 Å². The molecule has 1 saturated heterocycles. The zero-order valence-corrected chi connectivity index (χ0v) is 20.1. The van der Waals surface area contributed by atoms with E-state index in [1.54, 1.807) is 32.8 Å². The largest absolute Gasteiger partial charge is 0.493 e. The fourth-order valence-electron chi connectivity index (χ4n) is 5.05. The van der Waals surface area contributed by atoms with E-state index in [0.717, 1.165) is 18.4 Å². The molecular weight excluding hydrogens is 410 g/mol. The molecule has 1 heterocycles. The van der Waals surface area contributed by atoms with Gasteiger partial charge in [-0.2, -0.15) is 0 Å². The predicted octanol–water partition coefficient (Wildman–Crippen LogP) is 3.67. The highest BCUT2D eigenvalue weighted by molar-refractivity contribution is 5.87. The first-order valence-corrected chi connectivity index (χ1v) is 11.5. The first-order chi connectivity index (χ1) is 15.0. The molecule has 1 saturated carbocycles. The van der Waals surface area contributed by atoms with Gasteiger partial charge >= 0.3 is 5.97 Å². The molecule has 32 heavy (non-hydrogen) atoms. The molecule has 3 atom stereocenters. The van der Waals surface area contributed by atoms with Crippen molar-refractivity contribution in [3.63, 3.8) is 0 Å². The van der Waals surface area contributed by atoms with Gasteiger partial charge in [0.05, 0.1) is 19.3 Å². The summed E-state index contributed by atoms with van der Waals surface area (Å²) in [7, 11) is 1.63. The average Bonchev–Trinajstić information content (AvgIpc) is 3.34. The number of rotatable bonds is 7. The van der Waals surface area contributed by atoms with Crippen molar-refractivity contribution >= 4 is 11.9 Å². The topological polar surface area (TPSA) is 85.3 Å². The number of carbonyl (C=O) groups is 2. The fourth-order valence-corrected chi connectivity index (χ4v) is 5.05. The van der Waals surface area contributed by atoms with Gasteiger partial charge in [-0.25, -0.2) is 0 Å². The van der Waals surface area contributed by atoms with Gasteiger partial charge in [0.25, 0.3) is 5.91 Å². The van der Waals surface area contributed by atoms with E-state index in [9.17, 15) is 14.7 Å². The number of hydrogen-bond acceptors (Lipinski definition) is 6. The quantitative estimate of drug-likeness (QED) is 0.642. The first-order valence-electron chi connectivity index (χ1n) is 11.5. The van der Waals surface area contributed by atoms with Crippen molar-refractivity contribution in [3.05, 3.63) is 23.8 Å². The Kier molecular flexibility index (Phi) is 7.08. The Morgan fingerprint density at radius 3 is 2.44 bits per heavy atom. The number of amides is 1. The maximum Gasteiger partial charge on any atom is 0.303 e. The number of carbonyl (C=O) groups excluding carboxylic acids is 2. The Morgan fingerprint density at radius 2 is 1.88 bits per heavy atom. The summed E-state index contributed by atoms with van der Waals surface area (Å²) >= 11 is 0. The summed E-state index contributed by atoms with van der Waals surface area (Å²) in [5.41, 5.74) is -0.846. The van der Waals surface area contributed by atoms with Crippen LogP contribution in [0.25, 0.3) is 0 Å². The highest BCUT2D eigenvalue weighted by atomic mass is 16.6. The highest BCUT2D eigenvalue weighted by Crippen LogP contribution is 2.47. The van der Waals surface area contributed by atoms with Crippen LogP contribution in [0.4, 0.5) is 0 Å². The summed E-state index contributed by atoms with van der Waals surface area (Å²) < 4.78 is 17.1. The molecule has 1 amide bonds. The van der Waals surface area contributed by atoms with Gasteiger partial charge in [0, 0.05) is 31.3 Å². The van der Waals surface area contributed by atoms with Crippen LogP contribution in [0, 0.1) is 5.41 Å². The third kappa shape index (κ3) is 4.87. The molecule has 1 N–H and O–H groups in total. The molecule has 7 nitrogen and oxygen atoms in total. The van der Waals surface area contributed by atoms with Gasteiger partial charge in [0.1, 0.15) is 0 Å². The zero-order valence-electron chi connectivity index (χ0n) is 20.1. The Hall–Kier alpha value is -2.28.